The van der Waals surface area contributed by atoms with Gasteiger partial charge in [-0.1, -0.05) is 28.1 Å². The molecule has 0 amide bonds. The first-order valence-corrected chi connectivity index (χ1v) is 11.6. The van der Waals surface area contributed by atoms with Gasteiger partial charge >= 0.3 is 5.69 Å². The summed E-state index contributed by atoms with van der Waals surface area (Å²) >= 11 is 3.43. The molecule has 0 unspecified atom stereocenters. The maximum Gasteiger partial charge on any atom is 0.332 e. The van der Waals surface area contributed by atoms with Gasteiger partial charge in [-0.3, -0.25) is 18.5 Å². The molecule has 1 N–H and O–H groups in total. The Hall–Kier alpha value is -4.06. The molecule has 2 heterocycles. The third-order valence-corrected chi connectivity index (χ3v) is 6.20. The lowest BCUT2D eigenvalue weighted by molar-refractivity contribution is 0.324. The van der Waals surface area contributed by atoms with E-state index in [4.69, 9.17) is 14.2 Å². The zero-order valence-corrected chi connectivity index (χ0v) is 22.0. The number of anilines is 1. The SMILES string of the molecule is COc1cc(/C=N/Nc2nc3c(c(=O)n(C)c(=O)n3C)n2Cc2ccc(Br)cc2)cc(OC)c1OC. The number of ether oxygens (including phenoxy) is 3. The molecule has 0 aliphatic rings. The lowest BCUT2D eigenvalue weighted by Crippen LogP contribution is -2.37. The van der Waals surface area contributed by atoms with Crippen LogP contribution in [0.4, 0.5) is 5.95 Å². The van der Waals surface area contributed by atoms with Crippen LogP contribution in [0.1, 0.15) is 11.1 Å². The Balaban J connectivity index is 1.78. The van der Waals surface area contributed by atoms with Gasteiger partial charge in [0.2, 0.25) is 11.7 Å². The van der Waals surface area contributed by atoms with Gasteiger partial charge in [-0.15, -0.1) is 0 Å². The molecule has 0 saturated heterocycles. The number of aryl methyl sites for hydroxylation is 1. The fourth-order valence-corrected chi connectivity index (χ4v) is 4.06. The van der Waals surface area contributed by atoms with Crippen LogP contribution in [-0.4, -0.2) is 46.2 Å². The minimum atomic E-state index is -0.465. The van der Waals surface area contributed by atoms with Crippen molar-refractivity contribution in [2.45, 2.75) is 6.54 Å². The number of rotatable bonds is 8. The van der Waals surface area contributed by atoms with Crippen molar-refractivity contribution in [1.82, 2.24) is 18.7 Å². The second-order valence-electron chi connectivity index (χ2n) is 7.85. The van der Waals surface area contributed by atoms with Crippen LogP contribution >= 0.6 is 15.9 Å². The maximum atomic E-state index is 13.1. The molecule has 0 saturated carbocycles. The van der Waals surface area contributed by atoms with Gasteiger partial charge in [-0.05, 0) is 29.8 Å². The second kappa shape index (κ2) is 10.3. The highest BCUT2D eigenvalue weighted by atomic mass is 79.9. The highest BCUT2D eigenvalue weighted by molar-refractivity contribution is 9.10. The lowest BCUT2D eigenvalue weighted by atomic mass is 10.2. The van der Waals surface area contributed by atoms with Crippen molar-refractivity contribution in [1.29, 1.82) is 0 Å². The average molecular weight is 557 g/mol. The summed E-state index contributed by atoms with van der Waals surface area (Å²) in [6, 6.07) is 11.2. The fourth-order valence-electron chi connectivity index (χ4n) is 3.80. The molecule has 4 rings (SSSR count). The summed E-state index contributed by atoms with van der Waals surface area (Å²) in [4.78, 5) is 30.1. The molecule has 12 heteroatoms. The van der Waals surface area contributed by atoms with E-state index in [0.717, 1.165) is 14.6 Å². The molecule has 0 spiro atoms. The van der Waals surface area contributed by atoms with Crippen molar-refractivity contribution in [3.05, 3.63) is 72.8 Å². The topological polar surface area (TPSA) is 114 Å². The number of hydrazone groups is 1. The molecular weight excluding hydrogens is 532 g/mol. The molecule has 11 nitrogen and oxygen atoms in total. The van der Waals surface area contributed by atoms with E-state index < -0.39 is 11.2 Å². The summed E-state index contributed by atoms with van der Waals surface area (Å²) < 4.78 is 21.2. The number of hydrogen-bond donors (Lipinski definition) is 1. The Kier molecular flexibility index (Phi) is 7.15. The number of halogens is 1. The van der Waals surface area contributed by atoms with Crippen LogP contribution in [0.15, 0.2) is 55.6 Å². The van der Waals surface area contributed by atoms with E-state index in [1.807, 2.05) is 24.3 Å². The minimum Gasteiger partial charge on any atom is -0.493 e. The standard InChI is InChI=1S/C24H25BrN6O5/c1-29-21-19(22(32)30(2)24(29)33)31(13-14-6-8-16(25)9-7-14)23(27-21)28-26-12-15-10-17(34-3)20(36-5)18(11-15)35-4/h6-12H,13H2,1-5H3,(H,27,28)/b26-12+. The first-order valence-electron chi connectivity index (χ1n) is 10.8. The van der Waals surface area contributed by atoms with Gasteiger partial charge in [0.25, 0.3) is 5.56 Å². The van der Waals surface area contributed by atoms with E-state index in [1.54, 1.807) is 30.0 Å². The number of hydrogen-bond acceptors (Lipinski definition) is 8. The Labute approximate surface area is 214 Å². The van der Waals surface area contributed by atoms with E-state index in [9.17, 15) is 9.59 Å². The highest BCUT2D eigenvalue weighted by Crippen LogP contribution is 2.37. The van der Waals surface area contributed by atoms with Gasteiger partial charge in [-0.25, -0.2) is 10.2 Å². The molecule has 0 atom stereocenters. The van der Waals surface area contributed by atoms with Crippen LogP contribution < -0.4 is 30.9 Å². The number of aromatic nitrogens is 4. The van der Waals surface area contributed by atoms with E-state index in [1.165, 1.54) is 32.9 Å². The fraction of sp³-hybridized carbons (Fsp3) is 0.250. The second-order valence-corrected chi connectivity index (χ2v) is 8.77. The van der Waals surface area contributed by atoms with Gasteiger partial charge < -0.3 is 14.2 Å². The Morgan fingerprint density at radius 1 is 1.00 bits per heavy atom. The minimum absolute atomic E-state index is 0.255. The number of nitrogens with zero attached hydrogens (tertiary/aromatic N) is 5. The quantitative estimate of drug-likeness (QED) is 0.262. The summed E-state index contributed by atoms with van der Waals surface area (Å²) in [7, 11) is 7.61. The molecule has 0 fully saturated rings. The molecule has 2 aromatic heterocycles. The van der Waals surface area contributed by atoms with E-state index in [2.05, 4.69) is 31.4 Å². The first kappa shape index (κ1) is 25.0. The predicted molar refractivity (Wildman–Crippen MR) is 141 cm³/mol. The van der Waals surface area contributed by atoms with Crippen molar-refractivity contribution >= 4 is 39.3 Å². The van der Waals surface area contributed by atoms with Crippen molar-refractivity contribution in [2.75, 3.05) is 26.8 Å². The summed E-state index contributed by atoms with van der Waals surface area (Å²) in [5, 5.41) is 4.32. The number of nitrogens with one attached hydrogen (secondary N) is 1. The normalized spacial score (nSPS) is 11.3. The largest absolute Gasteiger partial charge is 0.493 e. The Morgan fingerprint density at radius 2 is 1.64 bits per heavy atom. The molecule has 36 heavy (non-hydrogen) atoms. The van der Waals surface area contributed by atoms with Gasteiger partial charge in [0.15, 0.2) is 22.7 Å². The van der Waals surface area contributed by atoms with Crippen molar-refractivity contribution in [3.8, 4) is 17.2 Å². The zero-order valence-electron chi connectivity index (χ0n) is 20.4. The Morgan fingerprint density at radius 3 is 2.22 bits per heavy atom. The summed E-state index contributed by atoms with van der Waals surface area (Å²) in [6.07, 6.45) is 1.56. The van der Waals surface area contributed by atoms with Gasteiger partial charge in [-0.2, -0.15) is 10.1 Å². The number of imidazole rings is 1. The summed E-state index contributed by atoms with van der Waals surface area (Å²) in [5.74, 6) is 1.74. The van der Waals surface area contributed by atoms with Gasteiger partial charge in [0.05, 0.1) is 34.1 Å². The van der Waals surface area contributed by atoms with E-state index >= 15 is 0 Å². The van der Waals surface area contributed by atoms with Crippen molar-refractivity contribution in [3.63, 3.8) is 0 Å². The van der Waals surface area contributed by atoms with Crippen molar-refractivity contribution in [2.24, 2.45) is 19.2 Å². The summed E-state index contributed by atoms with van der Waals surface area (Å²) in [5.41, 5.74) is 4.16. The van der Waals surface area contributed by atoms with Crippen LogP contribution in [-0.2, 0) is 20.6 Å². The molecule has 4 aromatic rings. The Bertz CT molecular complexity index is 1540. The van der Waals surface area contributed by atoms with Gasteiger partial charge in [0.1, 0.15) is 0 Å². The van der Waals surface area contributed by atoms with Crippen LogP contribution in [0.25, 0.3) is 11.2 Å². The number of benzene rings is 2. The molecule has 0 bridgehead atoms. The molecular formula is C24H25BrN6O5. The van der Waals surface area contributed by atoms with Crippen LogP contribution in [0.3, 0.4) is 0 Å². The molecule has 0 radical (unpaired) electrons. The predicted octanol–water partition coefficient (Wildman–Crippen LogP) is 2.72. The zero-order chi connectivity index (χ0) is 26.0. The molecule has 2 aromatic carbocycles. The van der Waals surface area contributed by atoms with Crippen LogP contribution in [0, 0.1) is 0 Å². The van der Waals surface area contributed by atoms with E-state index in [-0.39, 0.29) is 11.2 Å². The highest BCUT2D eigenvalue weighted by Gasteiger charge is 2.19. The van der Waals surface area contributed by atoms with Gasteiger partial charge in [0, 0.05) is 24.1 Å². The molecule has 0 aliphatic heterocycles. The monoisotopic (exact) mass is 556 g/mol. The van der Waals surface area contributed by atoms with E-state index in [0.29, 0.717) is 35.3 Å². The molecule has 0 aliphatic carbocycles. The number of methoxy groups -OCH3 is 3. The molecule has 188 valence electrons. The first-order chi connectivity index (χ1) is 17.3. The summed E-state index contributed by atoms with van der Waals surface area (Å²) in [6.45, 7) is 0.333. The smallest absolute Gasteiger partial charge is 0.332 e. The maximum absolute atomic E-state index is 13.1. The number of fused-ring (bicyclic) bond motifs is 1. The third kappa shape index (κ3) is 4.59. The average Bonchev–Trinajstić information content (AvgIpc) is 3.24. The van der Waals surface area contributed by atoms with Crippen LogP contribution in [0.5, 0.6) is 17.2 Å². The third-order valence-electron chi connectivity index (χ3n) is 5.67. The van der Waals surface area contributed by atoms with Crippen molar-refractivity contribution < 1.29 is 14.2 Å². The lowest BCUT2D eigenvalue weighted by Gasteiger charge is -2.12. The van der Waals surface area contributed by atoms with Crippen LogP contribution in [0.2, 0.25) is 0 Å².